The Bertz CT molecular complexity index is 997. The second-order valence-corrected chi connectivity index (χ2v) is 8.31. The second kappa shape index (κ2) is 10.2. The summed E-state index contributed by atoms with van der Waals surface area (Å²) in [7, 11) is 1.57. The van der Waals surface area contributed by atoms with Gasteiger partial charge in [0.2, 0.25) is 0 Å². The van der Waals surface area contributed by atoms with E-state index in [0.717, 1.165) is 35.3 Å². The van der Waals surface area contributed by atoms with Crippen LogP contribution in [0.3, 0.4) is 0 Å². The summed E-state index contributed by atoms with van der Waals surface area (Å²) >= 11 is 1.33. The molecular formula is C22H25N3O5S. The van der Waals surface area contributed by atoms with Crippen LogP contribution >= 0.6 is 11.3 Å². The number of nitrogens with one attached hydrogen (secondary N) is 2. The highest BCUT2D eigenvalue weighted by atomic mass is 32.1. The predicted octanol–water partition coefficient (Wildman–Crippen LogP) is 3.15. The normalized spacial score (nSPS) is 15.3. The Hall–Kier alpha value is -3.20. The molecule has 0 radical (unpaired) electrons. The summed E-state index contributed by atoms with van der Waals surface area (Å²) in [6, 6.07) is 7.03. The van der Waals surface area contributed by atoms with E-state index in [9.17, 15) is 14.4 Å². The molecule has 0 aliphatic heterocycles. The molecule has 2 amide bonds. The van der Waals surface area contributed by atoms with Crippen LogP contribution in [0, 0.1) is 5.92 Å². The number of amides is 2. The molecule has 164 valence electrons. The maximum absolute atomic E-state index is 12.5. The first kappa shape index (κ1) is 22.5. The lowest BCUT2D eigenvalue weighted by molar-refractivity contribution is -0.136. The van der Waals surface area contributed by atoms with Crippen molar-refractivity contribution in [3.63, 3.8) is 0 Å². The van der Waals surface area contributed by atoms with Gasteiger partial charge >= 0.3 is 17.8 Å². The average molecular weight is 444 g/mol. The zero-order valence-corrected chi connectivity index (χ0v) is 18.5. The summed E-state index contributed by atoms with van der Waals surface area (Å²) in [5, 5.41) is 6.71. The smallest absolute Gasteiger partial charge is 0.341 e. The Morgan fingerprint density at radius 2 is 1.97 bits per heavy atom. The van der Waals surface area contributed by atoms with Crippen LogP contribution in [0.15, 0.2) is 29.4 Å². The molecule has 0 saturated carbocycles. The molecule has 0 spiro atoms. The first-order valence-electron chi connectivity index (χ1n) is 10.0. The van der Waals surface area contributed by atoms with Crippen molar-refractivity contribution in [1.29, 1.82) is 0 Å². The highest BCUT2D eigenvalue weighted by molar-refractivity contribution is 7.17. The Balaban J connectivity index is 1.69. The maximum Gasteiger partial charge on any atom is 0.341 e. The SMILES string of the molecule is CCOC(=O)c1c(NC(=O)C(=O)NN=Cc2ccc(OC)cc2)sc2c1CCC(C)C2. The van der Waals surface area contributed by atoms with Crippen LogP contribution < -0.4 is 15.5 Å². The van der Waals surface area contributed by atoms with Gasteiger partial charge in [-0.1, -0.05) is 6.92 Å². The van der Waals surface area contributed by atoms with Gasteiger partial charge in [-0.3, -0.25) is 9.59 Å². The number of thiophene rings is 1. The largest absolute Gasteiger partial charge is 0.497 e. The minimum absolute atomic E-state index is 0.230. The lowest BCUT2D eigenvalue weighted by Crippen LogP contribution is -2.32. The Kier molecular flexibility index (Phi) is 7.41. The summed E-state index contributed by atoms with van der Waals surface area (Å²) in [5.41, 5.74) is 4.20. The van der Waals surface area contributed by atoms with Crippen LogP contribution in [0.1, 0.15) is 46.6 Å². The van der Waals surface area contributed by atoms with Crippen LogP contribution in [0.4, 0.5) is 5.00 Å². The van der Waals surface area contributed by atoms with Gasteiger partial charge in [0, 0.05) is 4.88 Å². The zero-order chi connectivity index (χ0) is 22.4. The number of rotatable bonds is 6. The number of carbonyl (C=O) groups excluding carboxylic acids is 3. The predicted molar refractivity (Wildman–Crippen MR) is 119 cm³/mol. The number of nitrogens with zero attached hydrogens (tertiary/aromatic N) is 1. The van der Waals surface area contributed by atoms with E-state index in [2.05, 4.69) is 22.8 Å². The first-order valence-corrected chi connectivity index (χ1v) is 10.8. The molecule has 1 aliphatic carbocycles. The lowest BCUT2D eigenvalue weighted by atomic mass is 9.88. The lowest BCUT2D eigenvalue weighted by Gasteiger charge is -2.18. The Morgan fingerprint density at radius 3 is 2.65 bits per heavy atom. The van der Waals surface area contributed by atoms with E-state index in [1.807, 2.05) is 0 Å². The van der Waals surface area contributed by atoms with E-state index < -0.39 is 17.8 Å². The van der Waals surface area contributed by atoms with Gasteiger partial charge in [0.25, 0.3) is 0 Å². The number of esters is 1. The summed E-state index contributed by atoms with van der Waals surface area (Å²) in [5.74, 6) is -1.11. The third-order valence-electron chi connectivity index (χ3n) is 4.92. The molecule has 1 aliphatic rings. The molecule has 1 atom stereocenters. The van der Waals surface area contributed by atoms with Crippen LogP contribution in [-0.4, -0.2) is 37.7 Å². The van der Waals surface area contributed by atoms with Crippen molar-refractivity contribution in [2.45, 2.75) is 33.1 Å². The fraction of sp³-hybridized carbons (Fsp3) is 0.364. The van der Waals surface area contributed by atoms with E-state index in [-0.39, 0.29) is 6.61 Å². The van der Waals surface area contributed by atoms with Gasteiger partial charge in [-0.05, 0) is 67.5 Å². The number of anilines is 1. The molecule has 9 heteroatoms. The highest BCUT2D eigenvalue weighted by Crippen LogP contribution is 2.40. The molecule has 0 fully saturated rings. The number of hydrazone groups is 1. The van der Waals surface area contributed by atoms with Gasteiger partial charge in [0.15, 0.2) is 0 Å². The summed E-state index contributed by atoms with van der Waals surface area (Å²) < 4.78 is 10.3. The van der Waals surface area contributed by atoms with E-state index in [4.69, 9.17) is 9.47 Å². The van der Waals surface area contributed by atoms with Crippen LogP contribution in [0.5, 0.6) is 5.75 Å². The van der Waals surface area contributed by atoms with Crippen LogP contribution in [0.25, 0.3) is 0 Å². The number of methoxy groups -OCH3 is 1. The van der Waals surface area contributed by atoms with Crippen molar-refractivity contribution in [3.05, 3.63) is 45.8 Å². The number of fused-ring (bicyclic) bond motifs is 1. The molecule has 1 heterocycles. The van der Waals surface area contributed by atoms with Gasteiger partial charge in [0.1, 0.15) is 10.8 Å². The molecular weight excluding hydrogens is 418 g/mol. The third-order valence-corrected chi connectivity index (χ3v) is 6.09. The number of ether oxygens (including phenoxy) is 2. The summed E-state index contributed by atoms with van der Waals surface area (Å²) in [6.45, 7) is 4.11. The minimum Gasteiger partial charge on any atom is -0.497 e. The molecule has 3 rings (SSSR count). The first-order chi connectivity index (χ1) is 14.9. The fourth-order valence-electron chi connectivity index (χ4n) is 3.32. The van der Waals surface area contributed by atoms with E-state index in [1.54, 1.807) is 38.3 Å². The topological polar surface area (TPSA) is 106 Å². The molecule has 31 heavy (non-hydrogen) atoms. The van der Waals surface area contributed by atoms with Gasteiger partial charge in [-0.2, -0.15) is 5.10 Å². The average Bonchev–Trinajstić information content (AvgIpc) is 3.11. The quantitative estimate of drug-likeness (QED) is 0.309. The monoisotopic (exact) mass is 443 g/mol. The van der Waals surface area contributed by atoms with Crippen molar-refractivity contribution < 1.29 is 23.9 Å². The molecule has 1 aromatic carbocycles. The molecule has 8 nitrogen and oxygen atoms in total. The molecule has 2 N–H and O–H groups in total. The summed E-state index contributed by atoms with van der Waals surface area (Å²) in [6.07, 6.45) is 3.96. The standard InChI is InChI=1S/C22H25N3O5S/c1-4-30-22(28)18-16-10-5-13(2)11-17(16)31-21(18)24-19(26)20(27)25-23-12-14-6-8-15(29-3)9-7-14/h6-9,12-13H,4-5,10-11H2,1-3H3,(H,24,26)(H,25,27). The van der Waals surface area contributed by atoms with Crippen molar-refractivity contribution in [1.82, 2.24) is 5.43 Å². The van der Waals surface area contributed by atoms with Crippen molar-refractivity contribution in [2.24, 2.45) is 11.0 Å². The Morgan fingerprint density at radius 1 is 1.23 bits per heavy atom. The fourth-order valence-corrected chi connectivity index (χ4v) is 4.72. The summed E-state index contributed by atoms with van der Waals surface area (Å²) in [4.78, 5) is 38.1. The van der Waals surface area contributed by atoms with Gasteiger partial charge in [0.05, 0.1) is 25.5 Å². The van der Waals surface area contributed by atoms with E-state index in [0.29, 0.717) is 22.2 Å². The number of hydrogen-bond donors (Lipinski definition) is 2. The van der Waals surface area contributed by atoms with E-state index in [1.165, 1.54) is 17.6 Å². The van der Waals surface area contributed by atoms with Crippen LogP contribution in [0.2, 0.25) is 0 Å². The number of benzene rings is 1. The maximum atomic E-state index is 12.5. The second-order valence-electron chi connectivity index (χ2n) is 7.20. The molecule has 0 saturated heterocycles. The highest BCUT2D eigenvalue weighted by Gasteiger charge is 2.30. The van der Waals surface area contributed by atoms with Crippen molar-refractivity contribution in [3.8, 4) is 5.75 Å². The minimum atomic E-state index is -0.931. The van der Waals surface area contributed by atoms with Gasteiger partial charge in [-0.25, -0.2) is 10.2 Å². The number of carbonyl (C=O) groups is 3. The third kappa shape index (κ3) is 5.49. The Labute approximate surface area is 184 Å². The zero-order valence-electron chi connectivity index (χ0n) is 17.7. The number of hydrogen-bond acceptors (Lipinski definition) is 7. The molecule has 2 aromatic rings. The van der Waals surface area contributed by atoms with Gasteiger partial charge in [-0.15, -0.1) is 11.3 Å². The molecule has 1 unspecified atom stereocenters. The molecule has 0 bridgehead atoms. The van der Waals surface area contributed by atoms with Crippen molar-refractivity contribution >= 4 is 40.3 Å². The van der Waals surface area contributed by atoms with E-state index >= 15 is 0 Å². The van der Waals surface area contributed by atoms with Crippen LogP contribution in [-0.2, 0) is 27.2 Å². The van der Waals surface area contributed by atoms with Crippen molar-refractivity contribution in [2.75, 3.05) is 19.0 Å². The van der Waals surface area contributed by atoms with Gasteiger partial charge < -0.3 is 14.8 Å². The molecule has 1 aromatic heterocycles.